The van der Waals surface area contributed by atoms with Crippen molar-refractivity contribution in [3.05, 3.63) is 24.3 Å². The van der Waals surface area contributed by atoms with Crippen molar-refractivity contribution in [2.45, 2.75) is 25.4 Å². The van der Waals surface area contributed by atoms with Gasteiger partial charge >= 0.3 is 0 Å². The van der Waals surface area contributed by atoms with Crippen molar-refractivity contribution in [1.82, 2.24) is 0 Å². The summed E-state index contributed by atoms with van der Waals surface area (Å²) in [6, 6.07) is 7.13. The monoisotopic (exact) mass is 220 g/mol. The molecule has 1 saturated heterocycles. The average molecular weight is 220 g/mol. The van der Waals surface area contributed by atoms with Gasteiger partial charge in [-0.3, -0.25) is 4.79 Å². The molecule has 1 atom stereocenters. The molecule has 1 aromatic rings. The number of hydrogen-bond acceptors (Lipinski definition) is 3. The number of nitrogens with one attached hydrogen (secondary N) is 1. The van der Waals surface area contributed by atoms with Gasteiger partial charge in [-0.15, -0.1) is 0 Å². The minimum Gasteiger partial charge on any atom is -0.399 e. The van der Waals surface area contributed by atoms with Crippen molar-refractivity contribution < 1.29 is 9.53 Å². The molecule has 0 aliphatic carbocycles. The maximum Gasteiger partial charge on any atom is 0.256 e. The first kappa shape index (κ1) is 11.0. The Morgan fingerprint density at radius 1 is 1.56 bits per heavy atom. The molecule has 1 heterocycles. The third-order valence-corrected chi connectivity index (χ3v) is 2.84. The number of nitrogens with two attached hydrogens (primary N) is 1. The van der Waals surface area contributed by atoms with Gasteiger partial charge in [-0.25, -0.2) is 0 Å². The van der Waals surface area contributed by atoms with Crippen LogP contribution in [0.3, 0.4) is 0 Å². The van der Waals surface area contributed by atoms with E-state index in [1.54, 1.807) is 12.1 Å². The molecule has 1 aliphatic rings. The molecule has 0 bridgehead atoms. The molecule has 0 radical (unpaired) electrons. The van der Waals surface area contributed by atoms with Gasteiger partial charge in [0, 0.05) is 18.0 Å². The lowest BCUT2D eigenvalue weighted by Crippen LogP contribution is -2.39. The number of carbonyl (C=O) groups excluding carboxylic acids is 1. The van der Waals surface area contributed by atoms with E-state index in [1.807, 2.05) is 19.1 Å². The van der Waals surface area contributed by atoms with E-state index in [0.717, 1.165) is 12.8 Å². The van der Waals surface area contributed by atoms with E-state index in [9.17, 15) is 4.79 Å². The zero-order valence-corrected chi connectivity index (χ0v) is 9.32. The number of anilines is 2. The van der Waals surface area contributed by atoms with Gasteiger partial charge in [-0.2, -0.15) is 0 Å². The van der Waals surface area contributed by atoms with E-state index < -0.39 is 5.60 Å². The van der Waals surface area contributed by atoms with E-state index in [4.69, 9.17) is 10.5 Å². The molecule has 0 saturated carbocycles. The highest BCUT2D eigenvalue weighted by atomic mass is 16.5. The zero-order chi connectivity index (χ0) is 11.6. The van der Waals surface area contributed by atoms with Gasteiger partial charge in [0.15, 0.2) is 0 Å². The smallest absolute Gasteiger partial charge is 0.256 e. The maximum absolute atomic E-state index is 12.0. The summed E-state index contributed by atoms with van der Waals surface area (Å²) in [5.41, 5.74) is 6.29. The first-order valence-corrected chi connectivity index (χ1v) is 5.41. The highest BCUT2D eigenvalue weighted by Crippen LogP contribution is 2.26. The summed E-state index contributed by atoms with van der Waals surface area (Å²) in [5, 5.41) is 2.82. The van der Waals surface area contributed by atoms with Crippen molar-refractivity contribution >= 4 is 17.3 Å². The van der Waals surface area contributed by atoms with E-state index in [0.29, 0.717) is 18.0 Å². The van der Waals surface area contributed by atoms with Gasteiger partial charge in [0.25, 0.3) is 5.91 Å². The normalized spacial score (nSPS) is 24.3. The molecule has 1 amide bonds. The maximum atomic E-state index is 12.0. The summed E-state index contributed by atoms with van der Waals surface area (Å²) in [6.07, 6.45) is 1.70. The summed E-state index contributed by atoms with van der Waals surface area (Å²) in [5.74, 6) is -0.101. The van der Waals surface area contributed by atoms with Crippen LogP contribution in [0.5, 0.6) is 0 Å². The molecule has 16 heavy (non-hydrogen) atoms. The van der Waals surface area contributed by atoms with Crippen molar-refractivity contribution in [2.75, 3.05) is 17.7 Å². The predicted octanol–water partition coefficient (Wildman–Crippen LogP) is 1.78. The predicted molar refractivity (Wildman–Crippen MR) is 63.1 cm³/mol. The summed E-state index contributed by atoms with van der Waals surface area (Å²) in [7, 11) is 0. The van der Waals surface area contributed by atoms with Crippen LogP contribution in [0.15, 0.2) is 24.3 Å². The minimum atomic E-state index is -0.690. The Morgan fingerprint density at radius 3 is 3.00 bits per heavy atom. The number of nitrogen functional groups attached to an aromatic ring is 1. The highest BCUT2D eigenvalue weighted by molar-refractivity contribution is 5.97. The van der Waals surface area contributed by atoms with Crippen LogP contribution >= 0.6 is 0 Å². The Morgan fingerprint density at radius 2 is 2.38 bits per heavy atom. The van der Waals surface area contributed by atoms with E-state index >= 15 is 0 Å². The number of hydrogen-bond donors (Lipinski definition) is 2. The van der Waals surface area contributed by atoms with Crippen LogP contribution in [-0.4, -0.2) is 18.1 Å². The van der Waals surface area contributed by atoms with Crippen LogP contribution in [0.1, 0.15) is 19.8 Å². The van der Waals surface area contributed by atoms with Gasteiger partial charge in [0.1, 0.15) is 5.60 Å². The fourth-order valence-electron chi connectivity index (χ4n) is 1.84. The number of amides is 1. The average Bonchev–Trinajstić information content (AvgIpc) is 2.66. The molecule has 1 fully saturated rings. The standard InChI is InChI=1S/C12H16N2O2/c1-12(6-3-7-16-12)11(15)14-10-5-2-4-9(13)8-10/h2,4-5,8H,3,6-7,13H2,1H3,(H,14,15). The molecule has 0 spiro atoms. The Balaban J connectivity index is 2.07. The van der Waals surface area contributed by atoms with Crippen LogP contribution in [-0.2, 0) is 9.53 Å². The molecule has 3 N–H and O–H groups in total. The molecule has 4 heteroatoms. The summed E-state index contributed by atoms with van der Waals surface area (Å²) >= 11 is 0. The van der Waals surface area contributed by atoms with Crippen LogP contribution in [0.25, 0.3) is 0 Å². The summed E-state index contributed by atoms with van der Waals surface area (Å²) in [4.78, 5) is 12.0. The van der Waals surface area contributed by atoms with Crippen LogP contribution in [0, 0.1) is 0 Å². The Labute approximate surface area is 94.8 Å². The number of benzene rings is 1. The van der Waals surface area contributed by atoms with E-state index in [-0.39, 0.29) is 5.91 Å². The second kappa shape index (κ2) is 4.14. The van der Waals surface area contributed by atoms with Gasteiger partial charge in [0.05, 0.1) is 0 Å². The number of rotatable bonds is 2. The fourth-order valence-corrected chi connectivity index (χ4v) is 1.84. The quantitative estimate of drug-likeness (QED) is 0.747. The van der Waals surface area contributed by atoms with Crippen LogP contribution in [0.2, 0.25) is 0 Å². The number of carbonyl (C=O) groups is 1. The first-order valence-electron chi connectivity index (χ1n) is 5.41. The van der Waals surface area contributed by atoms with Crippen molar-refractivity contribution in [3.8, 4) is 0 Å². The number of ether oxygens (including phenoxy) is 1. The van der Waals surface area contributed by atoms with Gasteiger partial charge in [0.2, 0.25) is 0 Å². The molecule has 86 valence electrons. The Kier molecular flexibility index (Phi) is 2.83. The highest BCUT2D eigenvalue weighted by Gasteiger charge is 2.37. The van der Waals surface area contributed by atoms with E-state index in [2.05, 4.69) is 5.32 Å². The van der Waals surface area contributed by atoms with Crippen LogP contribution in [0.4, 0.5) is 11.4 Å². The lowest BCUT2D eigenvalue weighted by Gasteiger charge is -2.21. The second-order valence-electron chi connectivity index (χ2n) is 4.26. The largest absolute Gasteiger partial charge is 0.399 e. The van der Waals surface area contributed by atoms with Crippen molar-refractivity contribution in [2.24, 2.45) is 0 Å². The lowest BCUT2D eigenvalue weighted by molar-refractivity contribution is -0.133. The molecule has 4 nitrogen and oxygen atoms in total. The third kappa shape index (κ3) is 2.17. The SMILES string of the molecule is CC1(C(=O)Nc2cccc(N)c2)CCCO1. The third-order valence-electron chi connectivity index (χ3n) is 2.84. The molecule has 1 aromatic carbocycles. The van der Waals surface area contributed by atoms with Crippen molar-refractivity contribution in [3.63, 3.8) is 0 Å². The fraction of sp³-hybridized carbons (Fsp3) is 0.417. The molecular weight excluding hydrogens is 204 g/mol. The molecule has 1 unspecified atom stereocenters. The molecular formula is C12H16N2O2. The lowest BCUT2D eigenvalue weighted by atomic mass is 10.0. The van der Waals surface area contributed by atoms with Gasteiger partial charge in [-0.1, -0.05) is 6.07 Å². The summed E-state index contributed by atoms with van der Waals surface area (Å²) in [6.45, 7) is 2.47. The van der Waals surface area contributed by atoms with Crippen molar-refractivity contribution in [1.29, 1.82) is 0 Å². The molecule has 2 rings (SSSR count). The van der Waals surface area contributed by atoms with Gasteiger partial charge < -0.3 is 15.8 Å². The van der Waals surface area contributed by atoms with Crippen LogP contribution < -0.4 is 11.1 Å². The minimum absolute atomic E-state index is 0.101. The first-order chi connectivity index (χ1) is 7.60. The molecule has 0 aromatic heterocycles. The van der Waals surface area contributed by atoms with Gasteiger partial charge in [-0.05, 0) is 38.0 Å². The zero-order valence-electron chi connectivity index (χ0n) is 9.32. The Hall–Kier alpha value is -1.55. The van der Waals surface area contributed by atoms with E-state index in [1.165, 1.54) is 0 Å². The summed E-state index contributed by atoms with van der Waals surface area (Å²) < 4.78 is 5.46. The molecule has 1 aliphatic heterocycles. The Bertz CT molecular complexity index is 398. The topological polar surface area (TPSA) is 64.4 Å². The second-order valence-corrected chi connectivity index (χ2v) is 4.26.